The maximum Gasteiger partial charge on any atom is 0.338 e. The number of piperidine rings is 1. The number of hydrogen-bond acceptors (Lipinski definition) is 5. The zero-order valence-electron chi connectivity index (χ0n) is 16.1. The molecule has 0 saturated carbocycles. The number of rotatable bonds is 7. The summed E-state index contributed by atoms with van der Waals surface area (Å²) in [5, 5.41) is 2.70. The Kier molecular flexibility index (Phi) is 7.38. The van der Waals surface area contributed by atoms with Gasteiger partial charge in [-0.3, -0.25) is 4.79 Å². The van der Waals surface area contributed by atoms with Gasteiger partial charge < -0.3 is 10.1 Å². The number of amides is 1. The van der Waals surface area contributed by atoms with Crippen LogP contribution in [0.2, 0.25) is 0 Å². The van der Waals surface area contributed by atoms with Crippen molar-refractivity contribution in [3.8, 4) is 0 Å². The van der Waals surface area contributed by atoms with Crippen molar-refractivity contribution in [1.29, 1.82) is 0 Å². The van der Waals surface area contributed by atoms with Crippen LogP contribution in [0.3, 0.4) is 0 Å². The Morgan fingerprint density at radius 3 is 2.44 bits per heavy atom. The highest BCUT2D eigenvalue weighted by atomic mass is 32.2. The molecule has 1 unspecified atom stereocenters. The Hall–Kier alpha value is -1.93. The number of ether oxygens (including phenoxy) is 1. The number of carbonyl (C=O) groups excluding carboxylic acids is 2. The van der Waals surface area contributed by atoms with Gasteiger partial charge in [0.15, 0.2) is 6.10 Å². The van der Waals surface area contributed by atoms with Gasteiger partial charge in [0.25, 0.3) is 5.91 Å². The van der Waals surface area contributed by atoms with E-state index in [2.05, 4.69) is 5.32 Å². The fourth-order valence-electron chi connectivity index (χ4n) is 2.77. The Morgan fingerprint density at radius 1 is 1.15 bits per heavy atom. The summed E-state index contributed by atoms with van der Waals surface area (Å²) in [6, 6.07) is 5.78. The number of sulfonamides is 1. The van der Waals surface area contributed by atoms with Gasteiger partial charge in [0.1, 0.15) is 0 Å². The third kappa shape index (κ3) is 5.77. The number of esters is 1. The molecule has 1 fully saturated rings. The SMILES string of the molecule is CC(C)CNC(=O)C(C)OC(=O)c1cccc(S(=O)(=O)N2CCCCC2)c1. The molecule has 27 heavy (non-hydrogen) atoms. The largest absolute Gasteiger partial charge is 0.449 e. The average molecular weight is 397 g/mol. The second-order valence-corrected chi connectivity index (χ2v) is 9.12. The first-order valence-corrected chi connectivity index (χ1v) is 10.7. The molecule has 1 aromatic carbocycles. The first-order chi connectivity index (χ1) is 12.7. The number of benzene rings is 1. The molecule has 1 aliphatic heterocycles. The molecule has 1 aliphatic rings. The first kappa shape index (κ1) is 21.4. The van der Waals surface area contributed by atoms with E-state index in [0.717, 1.165) is 19.3 Å². The summed E-state index contributed by atoms with van der Waals surface area (Å²) in [6.07, 6.45) is 1.74. The molecule has 1 amide bonds. The summed E-state index contributed by atoms with van der Waals surface area (Å²) in [4.78, 5) is 24.4. The maximum atomic E-state index is 12.8. The molecule has 2 rings (SSSR count). The third-order valence-corrected chi connectivity index (χ3v) is 6.25. The van der Waals surface area contributed by atoms with E-state index >= 15 is 0 Å². The zero-order valence-corrected chi connectivity index (χ0v) is 16.9. The lowest BCUT2D eigenvalue weighted by Crippen LogP contribution is -2.37. The van der Waals surface area contributed by atoms with Gasteiger partial charge >= 0.3 is 5.97 Å². The van der Waals surface area contributed by atoms with Gasteiger partial charge in [0, 0.05) is 19.6 Å². The fraction of sp³-hybridized carbons (Fsp3) is 0.579. The molecule has 0 bridgehead atoms. The topological polar surface area (TPSA) is 92.8 Å². The number of carbonyl (C=O) groups is 2. The lowest BCUT2D eigenvalue weighted by molar-refractivity contribution is -0.129. The van der Waals surface area contributed by atoms with Gasteiger partial charge in [-0.1, -0.05) is 26.3 Å². The van der Waals surface area contributed by atoms with Crippen molar-refractivity contribution in [3.63, 3.8) is 0 Å². The number of hydrogen-bond donors (Lipinski definition) is 1. The highest BCUT2D eigenvalue weighted by Gasteiger charge is 2.27. The summed E-state index contributed by atoms with van der Waals surface area (Å²) in [6.45, 7) is 6.89. The summed E-state index contributed by atoms with van der Waals surface area (Å²) in [5.41, 5.74) is 0.108. The van der Waals surface area contributed by atoms with Crippen molar-refractivity contribution in [1.82, 2.24) is 9.62 Å². The van der Waals surface area contributed by atoms with E-state index in [-0.39, 0.29) is 22.3 Å². The molecule has 0 spiro atoms. The molecule has 150 valence electrons. The Bertz CT molecular complexity index is 770. The minimum Gasteiger partial charge on any atom is -0.449 e. The zero-order chi connectivity index (χ0) is 20.0. The van der Waals surface area contributed by atoms with Crippen LogP contribution in [0.15, 0.2) is 29.2 Å². The molecule has 1 aromatic rings. The smallest absolute Gasteiger partial charge is 0.338 e. The Labute approximate surface area is 161 Å². The van der Waals surface area contributed by atoms with Crippen LogP contribution in [-0.4, -0.2) is 50.3 Å². The van der Waals surface area contributed by atoms with E-state index < -0.39 is 22.1 Å². The second kappa shape index (κ2) is 9.32. The van der Waals surface area contributed by atoms with E-state index in [1.54, 1.807) is 0 Å². The van der Waals surface area contributed by atoms with E-state index in [4.69, 9.17) is 4.74 Å². The molecule has 1 saturated heterocycles. The van der Waals surface area contributed by atoms with Crippen molar-refractivity contribution in [3.05, 3.63) is 29.8 Å². The van der Waals surface area contributed by atoms with Gasteiger partial charge in [-0.05, 0) is 43.9 Å². The van der Waals surface area contributed by atoms with E-state index in [1.165, 1.54) is 35.5 Å². The standard InChI is InChI=1S/C19H28N2O5S/c1-14(2)13-20-18(22)15(3)26-19(23)16-8-7-9-17(12-16)27(24,25)21-10-5-4-6-11-21/h7-9,12,14-15H,4-6,10-11,13H2,1-3H3,(H,20,22). The lowest BCUT2D eigenvalue weighted by atomic mass is 10.2. The summed E-state index contributed by atoms with van der Waals surface area (Å²) in [5.74, 6) is -0.819. The van der Waals surface area contributed by atoms with Crippen LogP contribution in [0.4, 0.5) is 0 Å². The van der Waals surface area contributed by atoms with Crippen molar-refractivity contribution in [2.75, 3.05) is 19.6 Å². The van der Waals surface area contributed by atoms with Crippen molar-refractivity contribution >= 4 is 21.9 Å². The summed E-state index contributed by atoms with van der Waals surface area (Å²) < 4.78 is 32.1. The Balaban J connectivity index is 2.07. The van der Waals surface area contributed by atoms with Crippen LogP contribution in [0.5, 0.6) is 0 Å². The normalized spacial score (nSPS) is 16.7. The minimum absolute atomic E-state index is 0.0655. The molecule has 0 radical (unpaired) electrons. The van der Waals surface area contributed by atoms with Crippen LogP contribution in [0, 0.1) is 5.92 Å². The maximum absolute atomic E-state index is 12.8. The number of nitrogens with one attached hydrogen (secondary N) is 1. The van der Waals surface area contributed by atoms with Crippen LogP contribution >= 0.6 is 0 Å². The second-order valence-electron chi connectivity index (χ2n) is 7.18. The quantitative estimate of drug-likeness (QED) is 0.713. The van der Waals surface area contributed by atoms with Crippen molar-refractivity contribution in [2.24, 2.45) is 5.92 Å². The third-order valence-electron chi connectivity index (χ3n) is 4.36. The van der Waals surface area contributed by atoms with Gasteiger partial charge in [0.05, 0.1) is 10.5 Å². The predicted octanol–water partition coefficient (Wildman–Crippen LogP) is 2.18. The fourth-order valence-corrected chi connectivity index (χ4v) is 4.33. The molecular formula is C19H28N2O5S. The van der Waals surface area contributed by atoms with Crippen LogP contribution in [-0.2, 0) is 19.6 Å². The van der Waals surface area contributed by atoms with Crippen LogP contribution in [0.1, 0.15) is 50.4 Å². The van der Waals surface area contributed by atoms with Crippen LogP contribution in [0.25, 0.3) is 0 Å². The lowest BCUT2D eigenvalue weighted by Gasteiger charge is -2.26. The van der Waals surface area contributed by atoms with E-state index in [9.17, 15) is 18.0 Å². The first-order valence-electron chi connectivity index (χ1n) is 9.30. The Morgan fingerprint density at radius 2 is 1.81 bits per heavy atom. The highest BCUT2D eigenvalue weighted by Crippen LogP contribution is 2.21. The summed E-state index contributed by atoms with van der Waals surface area (Å²) in [7, 11) is -3.63. The van der Waals surface area contributed by atoms with Gasteiger partial charge in [-0.2, -0.15) is 4.31 Å². The molecular weight excluding hydrogens is 368 g/mol. The summed E-state index contributed by atoms with van der Waals surface area (Å²) >= 11 is 0. The minimum atomic E-state index is -3.63. The van der Waals surface area contributed by atoms with Crippen molar-refractivity contribution < 1.29 is 22.7 Å². The van der Waals surface area contributed by atoms with E-state index in [1.807, 2.05) is 13.8 Å². The van der Waals surface area contributed by atoms with E-state index in [0.29, 0.717) is 19.6 Å². The number of nitrogens with zero attached hydrogens (tertiary/aromatic N) is 1. The molecule has 0 aromatic heterocycles. The molecule has 1 N–H and O–H groups in total. The highest BCUT2D eigenvalue weighted by molar-refractivity contribution is 7.89. The molecule has 8 heteroatoms. The average Bonchev–Trinajstić information content (AvgIpc) is 2.66. The van der Waals surface area contributed by atoms with Crippen molar-refractivity contribution in [2.45, 2.75) is 51.0 Å². The van der Waals surface area contributed by atoms with Gasteiger partial charge in [-0.25, -0.2) is 13.2 Å². The molecule has 1 heterocycles. The van der Waals surface area contributed by atoms with Gasteiger partial charge in [0.2, 0.25) is 10.0 Å². The molecule has 7 nitrogen and oxygen atoms in total. The predicted molar refractivity (Wildman–Crippen MR) is 102 cm³/mol. The van der Waals surface area contributed by atoms with Crippen LogP contribution < -0.4 is 5.32 Å². The molecule has 0 aliphatic carbocycles. The van der Waals surface area contributed by atoms with Gasteiger partial charge in [-0.15, -0.1) is 0 Å². The molecule has 1 atom stereocenters. The monoisotopic (exact) mass is 396 g/mol.